The molecular weight excluding hydrogens is 692 g/mol. The zero-order valence-electron chi connectivity index (χ0n) is 35.3. The van der Waals surface area contributed by atoms with Gasteiger partial charge in [0.15, 0.2) is 0 Å². The highest BCUT2D eigenvalue weighted by Crippen LogP contribution is 2.13. The molecule has 0 saturated heterocycles. The van der Waals surface area contributed by atoms with Gasteiger partial charge in [0.05, 0.1) is 112 Å². The van der Waals surface area contributed by atoms with Crippen LogP contribution in [0.3, 0.4) is 0 Å². The molecule has 54 heavy (non-hydrogen) atoms. The van der Waals surface area contributed by atoms with E-state index in [4.69, 9.17) is 47.4 Å². The third-order valence-corrected chi connectivity index (χ3v) is 8.84. The van der Waals surface area contributed by atoms with Gasteiger partial charge in [-0.15, -0.1) is 0 Å². The molecule has 0 spiro atoms. The smallest absolute Gasteiger partial charge is 0.305 e. The van der Waals surface area contributed by atoms with Crippen LogP contribution >= 0.6 is 0 Å². The molecule has 0 radical (unpaired) electrons. The van der Waals surface area contributed by atoms with E-state index in [-0.39, 0.29) is 12.6 Å². The Balaban J connectivity index is 3.08. The molecule has 0 aliphatic heterocycles. The van der Waals surface area contributed by atoms with Crippen molar-refractivity contribution in [2.75, 3.05) is 126 Å². The molecule has 0 aromatic rings. The van der Waals surface area contributed by atoms with Crippen LogP contribution in [-0.2, 0) is 52.2 Å². The van der Waals surface area contributed by atoms with Crippen LogP contribution in [0.5, 0.6) is 0 Å². The first-order valence-corrected chi connectivity index (χ1v) is 22.2. The van der Waals surface area contributed by atoms with Gasteiger partial charge in [-0.25, -0.2) is 0 Å². The highest BCUT2D eigenvalue weighted by Gasteiger charge is 2.02. The lowest BCUT2D eigenvalue weighted by molar-refractivity contribution is -0.145. The Bertz CT molecular complexity index is 686. The maximum absolute atomic E-state index is 11.6. The second kappa shape index (κ2) is 50.1. The normalized spacial score (nSPS) is 11.5. The molecule has 0 N–H and O–H groups in total. The van der Waals surface area contributed by atoms with E-state index in [1.54, 1.807) is 0 Å². The number of rotatable bonds is 49. The molecule has 0 aliphatic carbocycles. The second-order valence-electron chi connectivity index (χ2n) is 13.8. The number of ether oxygens (including phenoxy) is 10. The van der Waals surface area contributed by atoms with Gasteiger partial charge in [-0.2, -0.15) is 0 Å². The summed E-state index contributed by atoms with van der Waals surface area (Å²) in [7, 11) is 0. The van der Waals surface area contributed by atoms with Gasteiger partial charge in [0.2, 0.25) is 0 Å². The lowest BCUT2D eigenvalue weighted by atomic mass is 10.0. The maximum Gasteiger partial charge on any atom is 0.305 e. The van der Waals surface area contributed by atoms with Crippen molar-refractivity contribution >= 4 is 5.97 Å². The first-order valence-electron chi connectivity index (χ1n) is 22.2. The Labute approximate surface area is 331 Å². The van der Waals surface area contributed by atoms with Gasteiger partial charge < -0.3 is 47.4 Å². The van der Waals surface area contributed by atoms with Gasteiger partial charge in [-0.05, 0) is 12.8 Å². The fraction of sp³-hybridized carbons (Fsp3) is 0.977. The fourth-order valence-corrected chi connectivity index (χ4v) is 5.60. The summed E-state index contributed by atoms with van der Waals surface area (Å²) in [6, 6.07) is 0. The SMILES string of the molecule is CCCCCCCCCCCCCCCCCCOCCOCCOCCOCCOCCOCCOCCOCCOCCOC(=O)CCCCCC. The van der Waals surface area contributed by atoms with E-state index in [1.807, 2.05) is 0 Å². The van der Waals surface area contributed by atoms with Crippen molar-refractivity contribution in [3.8, 4) is 0 Å². The van der Waals surface area contributed by atoms with Crippen molar-refractivity contribution in [2.24, 2.45) is 0 Å². The van der Waals surface area contributed by atoms with Gasteiger partial charge in [-0.3, -0.25) is 4.79 Å². The van der Waals surface area contributed by atoms with E-state index in [2.05, 4.69) is 13.8 Å². The molecule has 0 aromatic heterocycles. The zero-order valence-corrected chi connectivity index (χ0v) is 35.3. The standard InChI is InChI=1S/C43H86O11/c1-3-5-7-9-10-11-12-13-14-15-16-17-18-19-20-22-24-45-25-26-46-27-28-47-29-30-48-31-32-49-33-34-50-35-36-51-37-38-52-39-40-53-41-42-54-43(44)23-21-8-6-4-2/h3-42H2,1-2H3. The average molecular weight is 779 g/mol. The minimum Gasteiger partial charge on any atom is -0.463 e. The number of unbranched alkanes of at least 4 members (excludes halogenated alkanes) is 18. The molecular formula is C43H86O11. The topological polar surface area (TPSA) is 109 Å². The van der Waals surface area contributed by atoms with Crippen LogP contribution in [0.1, 0.15) is 149 Å². The monoisotopic (exact) mass is 779 g/mol. The van der Waals surface area contributed by atoms with Crippen molar-refractivity contribution in [1.29, 1.82) is 0 Å². The van der Waals surface area contributed by atoms with E-state index in [0.29, 0.717) is 119 Å². The molecule has 0 fully saturated rings. The molecule has 0 saturated carbocycles. The predicted octanol–water partition coefficient (Wildman–Crippen LogP) is 8.91. The molecule has 11 nitrogen and oxygen atoms in total. The Morgan fingerprint density at radius 3 is 0.778 bits per heavy atom. The zero-order chi connectivity index (χ0) is 38.9. The first kappa shape index (κ1) is 53.1. The number of hydrogen-bond acceptors (Lipinski definition) is 11. The summed E-state index contributed by atoms with van der Waals surface area (Å²) < 4.78 is 54.9. The summed E-state index contributed by atoms with van der Waals surface area (Å²) in [6.45, 7) is 14.4. The van der Waals surface area contributed by atoms with Crippen LogP contribution in [0.2, 0.25) is 0 Å². The summed E-state index contributed by atoms with van der Waals surface area (Å²) in [5.74, 6) is -0.147. The van der Waals surface area contributed by atoms with Crippen LogP contribution in [-0.4, -0.2) is 132 Å². The summed E-state index contributed by atoms with van der Waals surface area (Å²) in [6.07, 6.45) is 27.0. The lowest BCUT2D eigenvalue weighted by Gasteiger charge is -2.09. The minimum absolute atomic E-state index is 0.147. The molecule has 324 valence electrons. The number of hydrogen-bond donors (Lipinski definition) is 0. The Kier molecular flexibility index (Phi) is 49.3. The summed E-state index contributed by atoms with van der Waals surface area (Å²) in [5, 5.41) is 0. The quantitative estimate of drug-likeness (QED) is 0.0436. The average Bonchev–Trinajstić information content (AvgIpc) is 3.18. The second-order valence-corrected chi connectivity index (χ2v) is 13.8. The van der Waals surface area contributed by atoms with Crippen LogP contribution in [0, 0.1) is 0 Å². The lowest BCUT2D eigenvalue weighted by Crippen LogP contribution is -2.15. The maximum atomic E-state index is 11.6. The van der Waals surface area contributed by atoms with E-state index in [9.17, 15) is 4.79 Å². The van der Waals surface area contributed by atoms with Crippen molar-refractivity contribution in [1.82, 2.24) is 0 Å². The summed E-state index contributed by atoms with van der Waals surface area (Å²) in [5.41, 5.74) is 0. The van der Waals surface area contributed by atoms with Crippen LogP contribution < -0.4 is 0 Å². The van der Waals surface area contributed by atoms with Crippen LogP contribution in [0.4, 0.5) is 0 Å². The highest BCUT2D eigenvalue weighted by atomic mass is 16.6. The Morgan fingerprint density at radius 1 is 0.259 bits per heavy atom. The van der Waals surface area contributed by atoms with Gasteiger partial charge in [0.1, 0.15) is 6.61 Å². The number of carbonyl (C=O) groups excluding carboxylic acids is 1. The molecule has 0 heterocycles. The number of carbonyl (C=O) groups is 1. The van der Waals surface area contributed by atoms with Crippen molar-refractivity contribution in [2.45, 2.75) is 149 Å². The third kappa shape index (κ3) is 49.1. The van der Waals surface area contributed by atoms with Gasteiger partial charge in [-0.1, -0.05) is 129 Å². The summed E-state index contributed by atoms with van der Waals surface area (Å²) in [4.78, 5) is 11.6. The molecule has 11 heteroatoms. The van der Waals surface area contributed by atoms with E-state index < -0.39 is 0 Å². The van der Waals surface area contributed by atoms with Crippen LogP contribution in [0.15, 0.2) is 0 Å². The Morgan fingerprint density at radius 2 is 0.481 bits per heavy atom. The molecule has 0 aromatic carbocycles. The molecule has 0 amide bonds. The van der Waals surface area contributed by atoms with E-state index in [1.165, 1.54) is 96.3 Å². The Hall–Kier alpha value is -0.890. The fourth-order valence-electron chi connectivity index (χ4n) is 5.60. The molecule has 0 rings (SSSR count). The highest BCUT2D eigenvalue weighted by molar-refractivity contribution is 5.69. The largest absolute Gasteiger partial charge is 0.463 e. The molecule has 0 aliphatic rings. The molecule has 0 bridgehead atoms. The molecule has 0 unspecified atom stereocenters. The van der Waals surface area contributed by atoms with Gasteiger partial charge in [0.25, 0.3) is 0 Å². The predicted molar refractivity (Wildman–Crippen MR) is 217 cm³/mol. The summed E-state index contributed by atoms with van der Waals surface area (Å²) >= 11 is 0. The van der Waals surface area contributed by atoms with E-state index >= 15 is 0 Å². The number of esters is 1. The third-order valence-electron chi connectivity index (χ3n) is 8.84. The van der Waals surface area contributed by atoms with Crippen molar-refractivity contribution in [3.05, 3.63) is 0 Å². The van der Waals surface area contributed by atoms with Crippen molar-refractivity contribution in [3.63, 3.8) is 0 Å². The molecule has 0 atom stereocenters. The first-order chi connectivity index (χ1) is 26.8. The van der Waals surface area contributed by atoms with Gasteiger partial charge >= 0.3 is 5.97 Å². The minimum atomic E-state index is -0.147. The van der Waals surface area contributed by atoms with Crippen LogP contribution in [0.25, 0.3) is 0 Å². The van der Waals surface area contributed by atoms with Crippen molar-refractivity contribution < 1.29 is 52.2 Å². The van der Waals surface area contributed by atoms with Gasteiger partial charge in [0, 0.05) is 13.0 Å². The van der Waals surface area contributed by atoms with E-state index in [0.717, 1.165) is 38.7 Å².